The zero-order chi connectivity index (χ0) is 26.8. The van der Waals surface area contributed by atoms with Crippen molar-refractivity contribution < 1.29 is 39.8 Å². The largest absolute Gasteiger partial charge is 0.394 e. The SMILES string of the molecule is CCCCCCCCCCCCCCCCC(O)C(COC1OC(CO)C(O)C(O)C1O)NC(C)=O. The van der Waals surface area contributed by atoms with E-state index in [-0.39, 0.29) is 12.5 Å². The second-order valence-corrected chi connectivity index (χ2v) is 10.3. The molecule has 1 saturated heterocycles. The molecule has 9 nitrogen and oxygen atoms in total. The number of hydrogen-bond acceptors (Lipinski definition) is 8. The van der Waals surface area contributed by atoms with Gasteiger partial charge in [-0.15, -0.1) is 0 Å². The molecular formula is C27H53NO8. The van der Waals surface area contributed by atoms with Crippen LogP contribution in [0, 0.1) is 0 Å². The maximum absolute atomic E-state index is 11.6. The molecule has 9 heteroatoms. The molecule has 214 valence electrons. The van der Waals surface area contributed by atoms with Gasteiger partial charge in [-0.25, -0.2) is 0 Å². The van der Waals surface area contributed by atoms with E-state index in [1.54, 1.807) is 0 Å². The van der Waals surface area contributed by atoms with Crippen LogP contribution in [0.5, 0.6) is 0 Å². The molecule has 0 aromatic rings. The standard InChI is InChI=1S/C27H53NO8/c1-3-4-5-6-7-8-9-10-11-12-13-14-15-16-17-22(31)21(28-20(2)30)19-35-27-26(34)25(33)24(32)23(18-29)36-27/h21-27,29,31-34H,3-19H2,1-2H3,(H,28,30). The van der Waals surface area contributed by atoms with E-state index in [4.69, 9.17) is 9.47 Å². The van der Waals surface area contributed by atoms with Gasteiger partial charge in [-0.2, -0.15) is 0 Å². The number of rotatable bonds is 21. The Morgan fingerprint density at radius 2 is 1.33 bits per heavy atom. The van der Waals surface area contributed by atoms with E-state index in [0.29, 0.717) is 6.42 Å². The molecule has 1 aliphatic rings. The van der Waals surface area contributed by atoms with Crippen LogP contribution >= 0.6 is 0 Å². The van der Waals surface area contributed by atoms with E-state index in [1.165, 1.54) is 77.6 Å². The topological polar surface area (TPSA) is 149 Å². The van der Waals surface area contributed by atoms with Crippen molar-refractivity contribution in [3.63, 3.8) is 0 Å². The summed E-state index contributed by atoms with van der Waals surface area (Å²) in [4.78, 5) is 11.6. The Morgan fingerprint density at radius 3 is 1.81 bits per heavy atom. The summed E-state index contributed by atoms with van der Waals surface area (Å²) in [5.74, 6) is -0.322. The Kier molecular flexibility index (Phi) is 18.6. The van der Waals surface area contributed by atoms with Crippen molar-refractivity contribution in [1.82, 2.24) is 5.32 Å². The van der Waals surface area contributed by atoms with Gasteiger partial charge in [0.2, 0.25) is 5.91 Å². The number of aliphatic hydroxyl groups excluding tert-OH is 5. The summed E-state index contributed by atoms with van der Waals surface area (Å²) in [6.07, 6.45) is 10.3. The number of aliphatic hydroxyl groups is 5. The van der Waals surface area contributed by atoms with Gasteiger partial charge in [0.1, 0.15) is 24.4 Å². The van der Waals surface area contributed by atoms with Crippen molar-refractivity contribution in [1.29, 1.82) is 0 Å². The van der Waals surface area contributed by atoms with Gasteiger partial charge in [0.05, 0.1) is 25.4 Å². The third-order valence-electron chi connectivity index (χ3n) is 7.00. The van der Waals surface area contributed by atoms with Gasteiger partial charge in [-0.1, -0.05) is 96.8 Å². The quantitative estimate of drug-likeness (QED) is 0.127. The minimum atomic E-state index is -1.54. The molecule has 7 atom stereocenters. The van der Waals surface area contributed by atoms with Crippen LogP contribution in [0.1, 0.15) is 110 Å². The second-order valence-electron chi connectivity index (χ2n) is 10.3. The van der Waals surface area contributed by atoms with Crippen LogP contribution in [-0.2, 0) is 14.3 Å². The zero-order valence-electron chi connectivity index (χ0n) is 22.5. The number of hydrogen-bond donors (Lipinski definition) is 6. The molecule has 1 amide bonds. The van der Waals surface area contributed by atoms with Crippen LogP contribution in [0.15, 0.2) is 0 Å². The summed E-state index contributed by atoms with van der Waals surface area (Å²) in [7, 11) is 0. The number of ether oxygens (including phenoxy) is 2. The maximum Gasteiger partial charge on any atom is 0.217 e. The molecule has 0 saturated carbocycles. The van der Waals surface area contributed by atoms with Gasteiger partial charge in [-0.3, -0.25) is 4.79 Å². The van der Waals surface area contributed by atoms with Gasteiger partial charge in [0.15, 0.2) is 6.29 Å². The van der Waals surface area contributed by atoms with Crippen molar-refractivity contribution in [3.05, 3.63) is 0 Å². The van der Waals surface area contributed by atoms with Crippen molar-refractivity contribution in [3.8, 4) is 0 Å². The van der Waals surface area contributed by atoms with E-state index in [0.717, 1.165) is 19.3 Å². The molecule has 0 bridgehead atoms. The molecule has 0 radical (unpaired) electrons. The predicted molar refractivity (Wildman–Crippen MR) is 138 cm³/mol. The average molecular weight is 520 g/mol. The van der Waals surface area contributed by atoms with E-state index in [2.05, 4.69) is 12.2 Å². The van der Waals surface area contributed by atoms with Crippen molar-refractivity contribution in [2.45, 2.75) is 153 Å². The van der Waals surface area contributed by atoms with E-state index in [1.807, 2.05) is 0 Å². The molecule has 0 spiro atoms. The fourth-order valence-electron chi connectivity index (χ4n) is 4.66. The lowest BCUT2D eigenvalue weighted by Crippen LogP contribution is -2.60. The van der Waals surface area contributed by atoms with Crippen LogP contribution in [0.4, 0.5) is 0 Å². The lowest BCUT2D eigenvalue weighted by molar-refractivity contribution is -0.302. The Labute approximate surface area is 217 Å². The molecule has 36 heavy (non-hydrogen) atoms. The van der Waals surface area contributed by atoms with E-state index in [9.17, 15) is 30.3 Å². The monoisotopic (exact) mass is 519 g/mol. The number of unbranched alkanes of at least 4 members (excludes halogenated alkanes) is 13. The van der Waals surface area contributed by atoms with Crippen LogP contribution in [-0.4, -0.2) is 87.5 Å². The number of carbonyl (C=O) groups excluding carboxylic acids is 1. The van der Waals surface area contributed by atoms with Crippen LogP contribution in [0.2, 0.25) is 0 Å². The Bertz CT molecular complexity index is 550. The highest BCUT2D eigenvalue weighted by Crippen LogP contribution is 2.22. The molecule has 0 aromatic carbocycles. The van der Waals surface area contributed by atoms with Crippen LogP contribution < -0.4 is 5.32 Å². The fourth-order valence-corrected chi connectivity index (χ4v) is 4.66. The summed E-state index contributed by atoms with van der Waals surface area (Å²) >= 11 is 0. The lowest BCUT2D eigenvalue weighted by Gasteiger charge is -2.40. The number of nitrogens with one attached hydrogen (secondary N) is 1. The lowest BCUT2D eigenvalue weighted by atomic mass is 9.99. The molecule has 7 unspecified atom stereocenters. The van der Waals surface area contributed by atoms with Crippen LogP contribution in [0.25, 0.3) is 0 Å². The van der Waals surface area contributed by atoms with Crippen molar-refractivity contribution in [2.75, 3.05) is 13.2 Å². The fraction of sp³-hybridized carbons (Fsp3) is 0.963. The first-order valence-electron chi connectivity index (χ1n) is 14.2. The third kappa shape index (κ3) is 13.7. The highest BCUT2D eigenvalue weighted by Gasteiger charge is 2.44. The highest BCUT2D eigenvalue weighted by molar-refractivity contribution is 5.73. The first-order valence-corrected chi connectivity index (χ1v) is 14.2. The van der Waals surface area contributed by atoms with Crippen LogP contribution in [0.3, 0.4) is 0 Å². The Morgan fingerprint density at radius 1 is 0.833 bits per heavy atom. The summed E-state index contributed by atoms with van der Waals surface area (Å²) in [6, 6.07) is -0.711. The minimum Gasteiger partial charge on any atom is -0.394 e. The minimum absolute atomic E-state index is 0.151. The van der Waals surface area contributed by atoms with E-state index >= 15 is 0 Å². The Balaban J connectivity index is 2.21. The van der Waals surface area contributed by atoms with Gasteiger partial charge in [0, 0.05) is 6.92 Å². The highest BCUT2D eigenvalue weighted by atomic mass is 16.7. The van der Waals surface area contributed by atoms with E-state index < -0.39 is 49.5 Å². The Hall–Kier alpha value is -0.810. The molecule has 1 fully saturated rings. The molecule has 0 aliphatic carbocycles. The number of amides is 1. The molecule has 1 heterocycles. The molecule has 1 aliphatic heterocycles. The van der Waals surface area contributed by atoms with Gasteiger partial charge < -0.3 is 40.3 Å². The van der Waals surface area contributed by atoms with Crippen molar-refractivity contribution in [2.24, 2.45) is 0 Å². The smallest absolute Gasteiger partial charge is 0.217 e. The first kappa shape index (κ1) is 33.2. The maximum atomic E-state index is 11.6. The molecule has 1 rings (SSSR count). The zero-order valence-corrected chi connectivity index (χ0v) is 22.5. The third-order valence-corrected chi connectivity index (χ3v) is 7.00. The predicted octanol–water partition coefficient (Wildman–Crippen LogP) is 2.54. The molecule has 0 aromatic heterocycles. The average Bonchev–Trinajstić information content (AvgIpc) is 2.86. The first-order chi connectivity index (χ1) is 17.3. The normalized spacial score (nSPS) is 26.0. The van der Waals surface area contributed by atoms with Gasteiger partial charge >= 0.3 is 0 Å². The molecule has 6 N–H and O–H groups in total. The van der Waals surface area contributed by atoms with Crippen molar-refractivity contribution >= 4 is 5.91 Å². The summed E-state index contributed by atoms with van der Waals surface area (Å²) in [6.45, 7) is 2.89. The summed E-state index contributed by atoms with van der Waals surface area (Å²) < 4.78 is 10.9. The molecular weight excluding hydrogens is 466 g/mol. The van der Waals surface area contributed by atoms with Gasteiger partial charge in [0.25, 0.3) is 0 Å². The number of carbonyl (C=O) groups is 1. The summed E-state index contributed by atoms with van der Waals surface area (Å²) in [5, 5.41) is 52.4. The van der Waals surface area contributed by atoms with Gasteiger partial charge in [-0.05, 0) is 6.42 Å². The summed E-state index contributed by atoms with van der Waals surface area (Å²) in [5.41, 5.74) is 0. The second kappa shape index (κ2) is 20.2.